The third-order valence-electron chi connectivity index (χ3n) is 6.02. The number of ether oxygens (including phenoxy) is 2. The molecule has 0 aromatic heterocycles. The Balaban J connectivity index is 1.46. The molecule has 1 aliphatic heterocycles. The van der Waals surface area contributed by atoms with Gasteiger partial charge in [-0.3, -0.25) is 4.79 Å². The molecule has 34 heavy (non-hydrogen) atoms. The second-order valence-corrected chi connectivity index (χ2v) is 10.3. The van der Waals surface area contributed by atoms with Gasteiger partial charge < -0.3 is 14.4 Å². The maximum Gasteiger partial charge on any atom is 0.338 e. The van der Waals surface area contributed by atoms with Gasteiger partial charge in [0.15, 0.2) is 6.61 Å². The van der Waals surface area contributed by atoms with E-state index < -0.39 is 34.3 Å². The Morgan fingerprint density at radius 3 is 2.47 bits per heavy atom. The molecule has 4 rings (SSSR count). The van der Waals surface area contributed by atoms with Crippen molar-refractivity contribution in [3.63, 3.8) is 0 Å². The maximum atomic E-state index is 14.1. The summed E-state index contributed by atoms with van der Waals surface area (Å²) in [6, 6.07) is 10.2. The molecule has 2 fully saturated rings. The zero-order chi connectivity index (χ0) is 24.3. The Kier molecular flexibility index (Phi) is 7.18. The SMILES string of the molecule is COc1ccc(C(=O)OCC(=O)N(Cc2ccccc2F)C2CC2)cc1S(=O)(=O)N1CCCC1. The number of methoxy groups -OCH3 is 1. The van der Waals surface area contributed by atoms with Crippen molar-refractivity contribution in [3.8, 4) is 5.75 Å². The van der Waals surface area contributed by atoms with Gasteiger partial charge in [-0.1, -0.05) is 18.2 Å². The molecule has 2 aromatic rings. The summed E-state index contributed by atoms with van der Waals surface area (Å²) in [7, 11) is -2.48. The first kappa shape index (κ1) is 24.2. The van der Waals surface area contributed by atoms with Crippen LogP contribution in [0.3, 0.4) is 0 Å². The molecule has 8 nitrogen and oxygen atoms in total. The highest BCUT2D eigenvalue weighted by Crippen LogP contribution is 2.31. The second kappa shape index (κ2) is 10.1. The molecule has 2 aromatic carbocycles. The molecule has 1 amide bonds. The van der Waals surface area contributed by atoms with Gasteiger partial charge in [0.2, 0.25) is 10.0 Å². The lowest BCUT2D eigenvalue weighted by atomic mass is 10.2. The van der Waals surface area contributed by atoms with Crippen molar-refractivity contribution in [2.45, 2.75) is 43.2 Å². The summed E-state index contributed by atoms with van der Waals surface area (Å²) in [5, 5.41) is 0. The predicted molar refractivity (Wildman–Crippen MR) is 121 cm³/mol. The molecule has 182 valence electrons. The minimum atomic E-state index is -3.83. The smallest absolute Gasteiger partial charge is 0.338 e. The fraction of sp³-hybridized carbons (Fsp3) is 0.417. The number of hydrogen-bond donors (Lipinski definition) is 0. The van der Waals surface area contributed by atoms with Crippen LogP contribution in [0.5, 0.6) is 5.75 Å². The number of carbonyl (C=O) groups is 2. The lowest BCUT2D eigenvalue weighted by Gasteiger charge is -2.22. The van der Waals surface area contributed by atoms with Gasteiger partial charge in [0, 0.05) is 31.2 Å². The van der Waals surface area contributed by atoms with Crippen LogP contribution < -0.4 is 4.74 Å². The average molecular weight is 491 g/mol. The van der Waals surface area contributed by atoms with Crippen LogP contribution in [0.15, 0.2) is 47.4 Å². The number of amides is 1. The van der Waals surface area contributed by atoms with Crippen LogP contribution >= 0.6 is 0 Å². The number of benzene rings is 2. The van der Waals surface area contributed by atoms with Crippen LogP contribution in [0.2, 0.25) is 0 Å². The molecule has 1 saturated carbocycles. The molecule has 1 heterocycles. The number of carbonyl (C=O) groups excluding carboxylic acids is 2. The fourth-order valence-electron chi connectivity index (χ4n) is 3.98. The van der Waals surface area contributed by atoms with Crippen LogP contribution in [-0.4, -0.2) is 62.3 Å². The van der Waals surface area contributed by atoms with Gasteiger partial charge in [0.25, 0.3) is 5.91 Å². The number of rotatable bonds is 9. The molecular formula is C24H27FN2O6S. The van der Waals surface area contributed by atoms with Gasteiger partial charge in [-0.2, -0.15) is 4.31 Å². The number of sulfonamides is 1. The fourth-order valence-corrected chi connectivity index (χ4v) is 5.68. The Bertz CT molecular complexity index is 1180. The van der Waals surface area contributed by atoms with E-state index in [0.717, 1.165) is 25.7 Å². The monoisotopic (exact) mass is 490 g/mol. The van der Waals surface area contributed by atoms with Crippen LogP contribution in [-0.2, 0) is 26.1 Å². The van der Waals surface area contributed by atoms with E-state index in [-0.39, 0.29) is 28.8 Å². The van der Waals surface area contributed by atoms with Crippen molar-refractivity contribution in [2.75, 3.05) is 26.8 Å². The van der Waals surface area contributed by atoms with E-state index in [2.05, 4.69) is 0 Å². The standard InChI is InChI=1S/C24H27FN2O6S/c1-32-21-11-8-17(14-22(21)34(30,31)26-12-4-5-13-26)24(29)33-16-23(28)27(19-9-10-19)15-18-6-2-3-7-20(18)25/h2-3,6-8,11,14,19H,4-5,9-10,12-13,15-16H2,1H3. The summed E-state index contributed by atoms with van der Waals surface area (Å²) in [5.74, 6) is -1.53. The van der Waals surface area contributed by atoms with Crippen molar-refractivity contribution < 1.29 is 31.9 Å². The minimum absolute atomic E-state index is 0.00144. The first-order chi connectivity index (χ1) is 16.3. The zero-order valence-corrected chi connectivity index (χ0v) is 19.7. The first-order valence-electron chi connectivity index (χ1n) is 11.2. The highest BCUT2D eigenvalue weighted by atomic mass is 32.2. The zero-order valence-electron chi connectivity index (χ0n) is 18.9. The summed E-state index contributed by atoms with van der Waals surface area (Å²) < 4.78 is 51.9. The Hall–Kier alpha value is -2.98. The van der Waals surface area contributed by atoms with Crippen LogP contribution in [0.1, 0.15) is 41.6 Å². The Morgan fingerprint density at radius 2 is 1.82 bits per heavy atom. The van der Waals surface area contributed by atoms with E-state index in [9.17, 15) is 22.4 Å². The molecule has 0 atom stereocenters. The van der Waals surface area contributed by atoms with Gasteiger partial charge in [-0.05, 0) is 49.9 Å². The molecule has 0 bridgehead atoms. The van der Waals surface area contributed by atoms with Crippen molar-refractivity contribution in [1.82, 2.24) is 9.21 Å². The third kappa shape index (κ3) is 5.23. The predicted octanol–water partition coefficient (Wildman–Crippen LogP) is 2.97. The molecular weight excluding hydrogens is 463 g/mol. The molecule has 2 aliphatic rings. The summed E-state index contributed by atoms with van der Waals surface area (Å²) in [5.41, 5.74) is 0.388. The topological polar surface area (TPSA) is 93.2 Å². The molecule has 0 radical (unpaired) electrons. The largest absolute Gasteiger partial charge is 0.495 e. The number of esters is 1. The van der Waals surface area contributed by atoms with Gasteiger partial charge in [-0.15, -0.1) is 0 Å². The Labute approximate surface area is 198 Å². The highest BCUT2D eigenvalue weighted by Gasteiger charge is 2.34. The van der Waals surface area contributed by atoms with Crippen molar-refractivity contribution in [2.24, 2.45) is 0 Å². The summed E-state index contributed by atoms with van der Waals surface area (Å²) in [6.07, 6.45) is 3.17. The van der Waals surface area contributed by atoms with Gasteiger partial charge in [-0.25, -0.2) is 17.6 Å². The van der Waals surface area contributed by atoms with Gasteiger partial charge in [0.05, 0.1) is 12.7 Å². The third-order valence-corrected chi connectivity index (χ3v) is 7.94. The van der Waals surface area contributed by atoms with Crippen molar-refractivity contribution in [3.05, 3.63) is 59.4 Å². The number of hydrogen-bond acceptors (Lipinski definition) is 6. The molecule has 10 heteroatoms. The van der Waals surface area contributed by atoms with Crippen molar-refractivity contribution in [1.29, 1.82) is 0 Å². The molecule has 0 unspecified atom stereocenters. The molecule has 0 spiro atoms. The number of halogens is 1. The van der Waals surface area contributed by atoms with E-state index in [0.29, 0.717) is 18.7 Å². The second-order valence-electron chi connectivity index (χ2n) is 8.40. The lowest BCUT2D eigenvalue weighted by molar-refractivity contribution is -0.135. The van der Waals surface area contributed by atoms with Gasteiger partial charge >= 0.3 is 5.97 Å². The van der Waals surface area contributed by atoms with Crippen LogP contribution in [0.4, 0.5) is 4.39 Å². The highest BCUT2D eigenvalue weighted by molar-refractivity contribution is 7.89. The van der Waals surface area contributed by atoms with E-state index in [1.807, 2.05) is 0 Å². The average Bonchev–Trinajstić information content (AvgIpc) is 3.52. The molecule has 1 aliphatic carbocycles. The van der Waals surface area contributed by atoms with Crippen LogP contribution in [0.25, 0.3) is 0 Å². The van der Waals surface area contributed by atoms with E-state index >= 15 is 0 Å². The number of nitrogens with zero attached hydrogens (tertiary/aromatic N) is 2. The van der Waals surface area contributed by atoms with E-state index in [4.69, 9.17) is 9.47 Å². The lowest BCUT2D eigenvalue weighted by Crippen LogP contribution is -2.36. The van der Waals surface area contributed by atoms with Gasteiger partial charge in [0.1, 0.15) is 16.5 Å². The molecule has 1 saturated heterocycles. The quantitative estimate of drug-likeness (QED) is 0.502. The maximum absolute atomic E-state index is 14.1. The Morgan fingerprint density at radius 1 is 1.12 bits per heavy atom. The first-order valence-corrected chi connectivity index (χ1v) is 12.6. The summed E-state index contributed by atoms with van der Waals surface area (Å²) in [6.45, 7) is 0.389. The summed E-state index contributed by atoms with van der Waals surface area (Å²) >= 11 is 0. The minimum Gasteiger partial charge on any atom is -0.495 e. The molecule has 0 N–H and O–H groups in total. The van der Waals surface area contributed by atoms with Crippen LogP contribution in [0, 0.1) is 5.82 Å². The van der Waals surface area contributed by atoms with E-state index in [1.165, 1.54) is 40.6 Å². The van der Waals surface area contributed by atoms with Crippen molar-refractivity contribution >= 4 is 21.9 Å². The normalized spacial score (nSPS) is 16.3. The van der Waals surface area contributed by atoms with E-state index in [1.54, 1.807) is 18.2 Å². The summed E-state index contributed by atoms with van der Waals surface area (Å²) in [4.78, 5) is 26.9.